The first kappa shape index (κ1) is 23.2. The van der Waals surface area contributed by atoms with Crippen molar-refractivity contribution in [1.29, 1.82) is 5.26 Å². The molecule has 0 amide bonds. The van der Waals surface area contributed by atoms with Gasteiger partial charge in [-0.15, -0.1) is 0 Å². The number of benzene rings is 1. The molecule has 1 aliphatic carbocycles. The van der Waals surface area contributed by atoms with Crippen molar-refractivity contribution in [3.63, 3.8) is 0 Å². The van der Waals surface area contributed by atoms with Crippen molar-refractivity contribution < 1.29 is 21.6 Å². The summed E-state index contributed by atoms with van der Waals surface area (Å²) in [5.41, 5.74) is 2.23. The quantitative estimate of drug-likeness (QED) is 0.578. The van der Waals surface area contributed by atoms with E-state index in [9.17, 15) is 26.9 Å². The number of alkyl halides is 3. The Kier molecular flexibility index (Phi) is 5.92. The molecule has 2 heterocycles. The average molecular weight is 478 g/mol. The van der Waals surface area contributed by atoms with Crippen LogP contribution >= 0.6 is 0 Å². The van der Waals surface area contributed by atoms with E-state index in [2.05, 4.69) is 16.0 Å². The fourth-order valence-electron chi connectivity index (χ4n) is 4.25. The highest BCUT2D eigenvalue weighted by molar-refractivity contribution is 7.89. The third-order valence-corrected chi connectivity index (χ3v) is 7.48. The lowest BCUT2D eigenvalue weighted by molar-refractivity contribution is -0.147. The molecule has 7 nitrogen and oxygen atoms in total. The number of fused-ring (bicyclic) bond motifs is 1. The maximum absolute atomic E-state index is 12.8. The van der Waals surface area contributed by atoms with Gasteiger partial charge in [-0.3, -0.25) is 0 Å². The zero-order chi connectivity index (χ0) is 24.0. The lowest BCUT2D eigenvalue weighted by Crippen LogP contribution is -2.42. The lowest BCUT2D eigenvalue weighted by atomic mass is 10.1. The van der Waals surface area contributed by atoms with Crippen LogP contribution in [-0.4, -0.2) is 35.2 Å². The number of hydrogen-bond acceptors (Lipinski definition) is 5. The van der Waals surface area contributed by atoms with Gasteiger partial charge in [0, 0.05) is 12.2 Å². The largest absolute Gasteiger partial charge is 0.404 e. The van der Waals surface area contributed by atoms with Crippen molar-refractivity contribution in [1.82, 2.24) is 19.3 Å². The summed E-state index contributed by atoms with van der Waals surface area (Å²) in [6, 6.07) is 5.65. The number of aromatic nitrogens is 3. The molecule has 1 fully saturated rings. The van der Waals surface area contributed by atoms with Gasteiger partial charge in [0.05, 0.1) is 21.5 Å². The molecule has 1 aliphatic rings. The van der Waals surface area contributed by atoms with Gasteiger partial charge in [0.2, 0.25) is 10.0 Å². The average Bonchev–Trinajstić information content (AvgIpc) is 3.38. The van der Waals surface area contributed by atoms with Crippen LogP contribution in [0.1, 0.15) is 50.0 Å². The van der Waals surface area contributed by atoms with E-state index in [0.29, 0.717) is 33.7 Å². The molecule has 33 heavy (non-hydrogen) atoms. The molecular weight excluding hydrogens is 455 g/mol. The predicted molar refractivity (Wildman–Crippen MR) is 116 cm³/mol. The summed E-state index contributed by atoms with van der Waals surface area (Å²) in [6.07, 6.45) is 0.876. The summed E-state index contributed by atoms with van der Waals surface area (Å²) in [6.45, 7) is 2.51. The Morgan fingerprint density at radius 2 is 1.85 bits per heavy atom. The molecule has 3 aromatic rings. The Hall–Kier alpha value is -2.97. The number of nitrogens with one attached hydrogen (secondary N) is 1. The van der Waals surface area contributed by atoms with Crippen molar-refractivity contribution in [2.24, 2.45) is 0 Å². The standard InChI is InChI=1S/C22H22F3N5O2S/c1-13(22(23,24)25)29-33(31,32)17-9-7-15(8-10-17)20-18(11-26)19-12-27-14(2)28-21(19)30(20)16-5-3-4-6-16/h7-10,12-13,16,29H,3-6H2,1-2H3. The second-order valence-corrected chi connectivity index (χ2v) is 9.92. The molecule has 0 radical (unpaired) electrons. The van der Waals surface area contributed by atoms with Crippen LogP contribution in [-0.2, 0) is 10.0 Å². The van der Waals surface area contributed by atoms with Crippen LogP contribution in [0.25, 0.3) is 22.3 Å². The summed E-state index contributed by atoms with van der Waals surface area (Å²) in [7, 11) is -4.38. The van der Waals surface area contributed by atoms with Crippen LogP contribution in [0.3, 0.4) is 0 Å². The number of sulfonamides is 1. The van der Waals surface area contributed by atoms with E-state index in [4.69, 9.17) is 0 Å². The van der Waals surface area contributed by atoms with Gasteiger partial charge in [-0.25, -0.2) is 18.4 Å². The van der Waals surface area contributed by atoms with Crippen LogP contribution in [0.15, 0.2) is 35.4 Å². The number of aryl methyl sites for hydroxylation is 1. The molecule has 2 aromatic heterocycles. The molecule has 1 N–H and O–H groups in total. The monoisotopic (exact) mass is 477 g/mol. The van der Waals surface area contributed by atoms with Gasteiger partial charge in [-0.2, -0.15) is 23.2 Å². The van der Waals surface area contributed by atoms with E-state index in [1.165, 1.54) is 24.3 Å². The first-order valence-corrected chi connectivity index (χ1v) is 12.0. The van der Waals surface area contributed by atoms with Crippen LogP contribution in [0.5, 0.6) is 0 Å². The third-order valence-electron chi connectivity index (χ3n) is 5.93. The number of hydrogen-bond donors (Lipinski definition) is 1. The smallest absolute Gasteiger partial charge is 0.321 e. The number of nitrogens with zero attached hydrogens (tertiary/aromatic N) is 4. The summed E-state index contributed by atoms with van der Waals surface area (Å²) in [4.78, 5) is 8.51. The van der Waals surface area contributed by atoms with Crippen molar-refractivity contribution in [2.75, 3.05) is 0 Å². The molecule has 1 unspecified atom stereocenters. The fraction of sp³-hybridized carbons (Fsp3) is 0.409. The minimum atomic E-state index is -4.70. The van der Waals surface area contributed by atoms with Crippen LogP contribution in [0, 0.1) is 18.3 Å². The molecule has 1 atom stereocenters. The Balaban J connectivity index is 1.81. The third kappa shape index (κ3) is 4.32. The normalized spacial score (nSPS) is 16.2. The minimum absolute atomic E-state index is 0.136. The zero-order valence-electron chi connectivity index (χ0n) is 18.0. The molecule has 4 rings (SSSR count). The second kappa shape index (κ2) is 8.43. The summed E-state index contributed by atoms with van der Waals surface area (Å²) >= 11 is 0. The van der Waals surface area contributed by atoms with Crippen LogP contribution in [0.2, 0.25) is 0 Å². The molecule has 1 aromatic carbocycles. The van der Waals surface area contributed by atoms with Crippen LogP contribution in [0.4, 0.5) is 13.2 Å². The Morgan fingerprint density at radius 1 is 1.21 bits per heavy atom. The molecule has 174 valence electrons. The fourth-order valence-corrected chi connectivity index (χ4v) is 5.48. The lowest BCUT2D eigenvalue weighted by Gasteiger charge is -2.19. The minimum Gasteiger partial charge on any atom is -0.321 e. The molecular formula is C22H22F3N5O2S. The SMILES string of the molecule is Cc1ncc2c(C#N)c(-c3ccc(S(=O)(=O)NC(C)C(F)(F)F)cc3)n(C3CCCC3)c2n1. The molecule has 1 saturated carbocycles. The van der Waals surface area contributed by atoms with Crippen LogP contribution < -0.4 is 4.72 Å². The Morgan fingerprint density at radius 3 is 2.42 bits per heavy atom. The van der Waals surface area contributed by atoms with Gasteiger partial charge < -0.3 is 4.57 Å². The molecule has 0 aliphatic heterocycles. The molecule has 0 saturated heterocycles. The first-order chi connectivity index (χ1) is 15.5. The summed E-state index contributed by atoms with van der Waals surface area (Å²) in [5.74, 6) is 0.571. The van der Waals surface area contributed by atoms with E-state index in [-0.39, 0.29) is 10.9 Å². The number of nitriles is 1. The predicted octanol–water partition coefficient (Wildman–Crippen LogP) is 4.62. The molecule has 11 heteroatoms. The van der Waals surface area contributed by atoms with E-state index in [1.54, 1.807) is 17.8 Å². The van der Waals surface area contributed by atoms with Gasteiger partial charge in [0.1, 0.15) is 23.6 Å². The van der Waals surface area contributed by atoms with Gasteiger partial charge >= 0.3 is 6.18 Å². The molecule has 0 bridgehead atoms. The zero-order valence-corrected chi connectivity index (χ0v) is 18.8. The van der Waals surface area contributed by atoms with Crippen molar-refractivity contribution in [3.8, 4) is 17.3 Å². The number of halogens is 3. The van der Waals surface area contributed by atoms with Crippen molar-refractivity contribution >= 4 is 21.1 Å². The van der Waals surface area contributed by atoms with E-state index in [1.807, 2.05) is 4.57 Å². The van der Waals surface area contributed by atoms with Gasteiger partial charge in [-0.1, -0.05) is 25.0 Å². The maximum atomic E-state index is 12.8. The van der Waals surface area contributed by atoms with E-state index >= 15 is 0 Å². The second-order valence-electron chi connectivity index (χ2n) is 8.21. The maximum Gasteiger partial charge on any atom is 0.404 e. The number of rotatable bonds is 5. The van der Waals surface area contributed by atoms with Gasteiger partial charge in [-0.05, 0) is 44.4 Å². The summed E-state index contributed by atoms with van der Waals surface area (Å²) in [5, 5.41) is 10.5. The highest BCUT2D eigenvalue weighted by Crippen LogP contribution is 2.40. The Bertz CT molecular complexity index is 1340. The summed E-state index contributed by atoms with van der Waals surface area (Å²) < 4.78 is 67.0. The first-order valence-electron chi connectivity index (χ1n) is 10.5. The highest BCUT2D eigenvalue weighted by Gasteiger charge is 2.39. The molecule has 0 spiro atoms. The van der Waals surface area contributed by atoms with Crippen molar-refractivity contribution in [3.05, 3.63) is 41.9 Å². The van der Waals surface area contributed by atoms with Gasteiger partial charge in [0.25, 0.3) is 0 Å². The van der Waals surface area contributed by atoms with E-state index in [0.717, 1.165) is 32.6 Å². The van der Waals surface area contributed by atoms with Gasteiger partial charge in [0.15, 0.2) is 0 Å². The van der Waals surface area contributed by atoms with Crippen molar-refractivity contribution in [2.45, 2.75) is 62.7 Å². The highest BCUT2D eigenvalue weighted by atomic mass is 32.2. The Labute approximate surface area is 189 Å². The van der Waals surface area contributed by atoms with E-state index < -0.39 is 22.2 Å². The topological polar surface area (TPSA) is 101 Å².